The maximum atomic E-state index is 13.2. The van der Waals surface area contributed by atoms with Gasteiger partial charge in [0.05, 0.1) is 16.7 Å². The first-order chi connectivity index (χ1) is 16.3. The quantitative estimate of drug-likeness (QED) is 0.611. The lowest BCUT2D eigenvalue weighted by Gasteiger charge is -2.53. The molecule has 2 aromatic rings. The minimum Gasteiger partial charge on any atom is -0.392 e. The first-order valence-electron chi connectivity index (χ1n) is 12.2. The second-order valence-corrected chi connectivity index (χ2v) is 13.6. The molecule has 3 aliphatic rings. The summed E-state index contributed by atoms with van der Waals surface area (Å²) in [5, 5.41) is 17.1. The van der Waals surface area contributed by atoms with E-state index in [1.54, 1.807) is 11.3 Å². The molecule has 0 aromatic carbocycles. The number of carbonyl (C=O) groups is 2. The largest absolute Gasteiger partial charge is 0.392 e. The molecule has 34 heavy (non-hydrogen) atoms. The molecule has 2 aromatic heterocycles. The zero-order valence-electron chi connectivity index (χ0n) is 20.0. The first-order valence-corrected chi connectivity index (χ1v) is 15.0. The highest BCUT2D eigenvalue weighted by Crippen LogP contribution is 2.57. The fourth-order valence-corrected chi connectivity index (χ4v) is 9.20. The summed E-state index contributed by atoms with van der Waals surface area (Å²) in [5.41, 5.74) is 0.967. The molecule has 1 aliphatic heterocycles. The topological polar surface area (TPSA) is 82.5 Å². The van der Waals surface area contributed by atoms with Crippen LogP contribution in [-0.4, -0.2) is 57.5 Å². The lowest BCUT2D eigenvalue weighted by Crippen LogP contribution is -2.54. The van der Waals surface area contributed by atoms with Crippen molar-refractivity contribution in [3.63, 3.8) is 0 Å². The summed E-state index contributed by atoms with van der Waals surface area (Å²) >= 11 is 4.89. The van der Waals surface area contributed by atoms with Crippen molar-refractivity contribution in [2.75, 3.05) is 29.9 Å². The average molecular weight is 520 g/mol. The number of nitrogens with zero attached hydrogens (tertiary/aromatic N) is 2. The number of rotatable bonds is 4. The second kappa shape index (κ2) is 9.56. The number of hydrogen-bond acceptors (Lipinski definition) is 7. The van der Waals surface area contributed by atoms with Crippen LogP contribution in [0, 0.1) is 23.2 Å². The van der Waals surface area contributed by atoms with Crippen LogP contribution in [-0.2, 0) is 11.2 Å². The number of aliphatic hydroxyl groups is 1. The molecule has 6 atom stereocenters. The molecule has 0 bridgehead atoms. The molecule has 9 heteroatoms. The number of amides is 2. The lowest BCUT2D eigenvalue weighted by molar-refractivity contribution is -0.144. The van der Waals surface area contributed by atoms with Crippen molar-refractivity contribution in [3.05, 3.63) is 33.0 Å². The Morgan fingerprint density at radius 1 is 1.32 bits per heavy atom. The number of thiophene rings is 1. The van der Waals surface area contributed by atoms with Crippen LogP contribution in [0.1, 0.15) is 59.8 Å². The molecule has 184 valence electrons. The summed E-state index contributed by atoms with van der Waals surface area (Å²) in [7, 11) is 0. The number of aromatic nitrogens is 1. The van der Waals surface area contributed by atoms with E-state index >= 15 is 0 Å². The third-order valence-corrected chi connectivity index (χ3v) is 11.0. The summed E-state index contributed by atoms with van der Waals surface area (Å²) < 4.78 is 0. The van der Waals surface area contributed by atoms with Gasteiger partial charge in [0.1, 0.15) is 0 Å². The number of carbonyl (C=O) groups excluding carboxylic acids is 2. The summed E-state index contributed by atoms with van der Waals surface area (Å²) in [6.07, 6.45) is 2.18. The predicted octanol–water partition coefficient (Wildman–Crippen LogP) is 4.72. The zero-order chi connectivity index (χ0) is 24.0. The number of fused-ring (bicyclic) bond motifs is 2. The van der Waals surface area contributed by atoms with Crippen molar-refractivity contribution in [1.82, 2.24) is 9.88 Å². The van der Waals surface area contributed by atoms with Gasteiger partial charge in [-0.05, 0) is 48.0 Å². The van der Waals surface area contributed by atoms with E-state index in [1.165, 1.54) is 16.2 Å². The molecule has 3 heterocycles. The maximum Gasteiger partial charge on any atom is 0.267 e. The minimum atomic E-state index is -0.536. The van der Waals surface area contributed by atoms with Crippen molar-refractivity contribution < 1.29 is 14.7 Å². The van der Waals surface area contributed by atoms with Gasteiger partial charge in [-0.15, -0.1) is 22.7 Å². The van der Waals surface area contributed by atoms with Crippen LogP contribution in [0.3, 0.4) is 0 Å². The van der Waals surface area contributed by atoms with Crippen LogP contribution >= 0.6 is 34.4 Å². The van der Waals surface area contributed by atoms with Gasteiger partial charge in [-0.2, -0.15) is 11.8 Å². The SMILES string of the molecule is C[C@H](C(=O)N1CCSCC1)[C@H]1CC[C@]2(C)Cc3sc(NC(=O)c4cccs4)nc3[C@@H](C)[C@@H]2[C@H]1O. The average Bonchev–Trinajstić information content (AvgIpc) is 3.49. The van der Waals surface area contributed by atoms with Crippen molar-refractivity contribution in [2.45, 2.75) is 52.1 Å². The minimum absolute atomic E-state index is 0.0270. The van der Waals surface area contributed by atoms with E-state index in [0.29, 0.717) is 10.0 Å². The molecular weight excluding hydrogens is 486 g/mol. The third-order valence-electron chi connectivity index (χ3n) is 8.24. The summed E-state index contributed by atoms with van der Waals surface area (Å²) in [6.45, 7) is 8.09. The van der Waals surface area contributed by atoms with Gasteiger partial charge in [-0.1, -0.05) is 26.8 Å². The van der Waals surface area contributed by atoms with E-state index in [2.05, 4.69) is 19.2 Å². The Morgan fingerprint density at radius 3 is 2.79 bits per heavy atom. The van der Waals surface area contributed by atoms with E-state index in [-0.39, 0.29) is 40.9 Å². The van der Waals surface area contributed by atoms with E-state index < -0.39 is 6.10 Å². The number of nitrogens with one attached hydrogen (secondary N) is 1. The Morgan fingerprint density at radius 2 is 2.09 bits per heavy atom. The Bertz CT molecular complexity index is 1050. The molecule has 1 saturated carbocycles. The highest BCUT2D eigenvalue weighted by molar-refractivity contribution is 7.99. The zero-order valence-corrected chi connectivity index (χ0v) is 22.4. The highest BCUT2D eigenvalue weighted by Gasteiger charge is 2.54. The molecule has 2 amide bonds. The third kappa shape index (κ3) is 4.33. The molecule has 5 rings (SSSR count). The predicted molar refractivity (Wildman–Crippen MR) is 140 cm³/mol. The summed E-state index contributed by atoms with van der Waals surface area (Å²) in [6, 6.07) is 3.68. The van der Waals surface area contributed by atoms with Gasteiger partial charge in [0.25, 0.3) is 5.91 Å². The van der Waals surface area contributed by atoms with Crippen LogP contribution in [0.2, 0.25) is 0 Å². The number of anilines is 1. The second-order valence-electron chi connectivity index (χ2n) is 10.3. The van der Waals surface area contributed by atoms with Gasteiger partial charge in [0.2, 0.25) is 5.91 Å². The Labute approximate surface area is 213 Å². The molecule has 0 radical (unpaired) electrons. The molecule has 0 unspecified atom stereocenters. The van der Waals surface area contributed by atoms with Crippen LogP contribution in [0.4, 0.5) is 5.13 Å². The molecule has 0 spiro atoms. The van der Waals surface area contributed by atoms with Gasteiger partial charge < -0.3 is 10.0 Å². The normalized spacial score (nSPS) is 31.9. The standard InChI is InChI=1S/C25H33N3O3S3/c1-14(23(31)28-8-11-32-12-9-28)16-6-7-25(3)13-18-20(15(2)19(25)21(16)29)26-24(34-18)27-22(30)17-5-4-10-33-17/h4-5,10,14-16,19,21,29H,6-9,11-13H2,1-3H3,(H,26,27,30)/t14-,15-,16+,19+,21-,25+/m0/s1. The van der Waals surface area contributed by atoms with E-state index in [1.807, 2.05) is 41.1 Å². The summed E-state index contributed by atoms with van der Waals surface area (Å²) in [5.74, 6) is 2.00. The van der Waals surface area contributed by atoms with Gasteiger partial charge in [-0.25, -0.2) is 4.98 Å². The molecule has 2 N–H and O–H groups in total. The van der Waals surface area contributed by atoms with E-state index in [0.717, 1.165) is 49.6 Å². The number of thiazole rings is 1. The molecule has 2 fully saturated rings. The first kappa shape index (κ1) is 24.3. The molecule has 1 saturated heterocycles. The van der Waals surface area contributed by atoms with Crippen molar-refractivity contribution in [1.29, 1.82) is 0 Å². The number of thioether (sulfide) groups is 1. The summed E-state index contributed by atoms with van der Waals surface area (Å²) in [4.78, 5) is 34.5. The number of hydrogen-bond donors (Lipinski definition) is 2. The van der Waals surface area contributed by atoms with Gasteiger partial charge >= 0.3 is 0 Å². The Balaban J connectivity index is 1.34. The van der Waals surface area contributed by atoms with Crippen molar-refractivity contribution >= 4 is 51.4 Å². The molecule has 2 aliphatic carbocycles. The Hall–Kier alpha value is -1.42. The lowest BCUT2D eigenvalue weighted by atomic mass is 9.53. The van der Waals surface area contributed by atoms with E-state index in [9.17, 15) is 14.7 Å². The smallest absolute Gasteiger partial charge is 0.267 e. The van der Waals surface area contributed by atoms with Crippen LogP contribution in [0.25, 0.3) is 0 Å². The fraction of sp³-hybridized carbons (Fsp3) is 0.640. The number of aliphatic hydroxyl groups excluding tert-OH is 1. The van der Waals surface area contributed by atoms with Crippen LogP contribution < -0.4 is 5.32 Å². The van der Waals surface area contributed by atoms with Gasteiger partial charge in [0.15, 0.2) is 5.13 Å². The molecular formula is C25H33N3O3S3. The van der Waals surface area contributed by atoms with Crippen LogP contribution in [0.5, 0.6) is 0 Å². The van der Waals surface area contributed by atoms with Crippen molar-refractivity contribution in [3.8, 4) is 0 Å². The Kier molecular flexibility index (Phi) is 6.83. The monoisotopic (exact) mass is 519 g/mol. The van der Waals surface area contributed by atoms with E-state index in [4.69, 9.17) is 4.98 Å². The molecule has 6 nitrogen and oxygen atoms in total. The van der Waals surface area contributed by atoms with Crippen molar-refractivity contribution in [2.24, 2.45) is 23.2 Å². The van der Waals surface area contributed by atoms with Gasteiger partial charge in [-0.3, -0.25) is 14.9 Å². The fourth-order valence-electron chi connectivity index (χ4n) is 6.42. The highest BCUT2D eigenvalue weighted by atomic mass is 32.2. The van der Waals surface area contributed by atoms with Gasteiger partial charge in [0, 0.05) is 41.3 Å². The maximum absolute atomic E-state index is 13.2. The van der Waals surface area contributed by atoms with Crippen LogP contribution in [0.15, 0.2) is 17.5 Å².